The Labute approximate surface area is 121 Å². The van der Waals surface area contributed by atoms with Crippen LogP contribution in [0.1, 0.15) is 11.1 Å². The van der Waals surface area contributed by atoms with Gasteiger partial charge in [-0.2, -0.15) is 5.10 Å². The highest BCUT2D eigenvalue weighted by atomic mass is 16.1. The lowest BCUT2D eigenvalue weighted by Crippen LogP contribution is -2.08. The summed E-state index contributed by atoms with van der Waals surface area (Å²) in [6.07, 6.45) is 2.50. The van der Waals surface area contributed by atoms with Gasteiger partial charge in [0.25, 0.3) is 5.56 Å². The highest BCUT2D eigenvalue weighted by Gasteiger charge is 2.05. The third-order valence-corrected chi connectivity index (χ3v) is 3.05. The summed E-state index contributed by atoms with van der Waals surface area (Å²) in [6.45, 7) is 0. The lowest BCUT2D eigenvalue weighted by Gasteiger charge is -2.10. The fourth-order valence-electron chi connectivity index (χ4n) is 2.04. The Morgan fingerprint density at radius 2 is 1.86 bits per heavy atom. The molecule has 0 spiro atoms. The maximum absolute atomic E-state index is 11.0. The zero-order valence-corrected chi connectivity index (χ0v) is 11.3. The van der Waals surface area contributed by atoms with Gasteiger partial charge in [0.2, 0.25) is 0 Å². The Hall–Kier alpha value is -2.95. The number of nitrogens with zero attached hydrogens (tertiary/aromatic N) is 2. The average molecular weight is 278 g/mol. The summed E-state index contributed by atoms with van der Waals surface area (Å²) in [7, 11) is 0. The van der Waals surface area contributed by atoms with Crippen molar-refractivity contribution in [2.45, 2.75) is 6.42 Å². The van der Waals surface area contributed by atoms with Crippen LogP contribution in [-0.4, -0.2) is 15.2 Å². The predicted molar refractivity (Wildman–Crippen MR) is 81.6 cm³/mol. The van der Waals surface area contributed by atoms with Crippen LogP contribution in [0.3, 0.4) is 0 Å². The minimum Gasteiger partial charge on any atom is -0.323 e. The summed E-state index contributed by atoms with van der Waals surface area (Å²) in [6, 6.07) is 17.2. The van der Waals surface area contributed by atoms with E-state index in [1.165, 1.54) is 11.6 Å². The Bertz CT molecular complexity index is 763. The molecule has 2 heterocycles. The lowest BCUT2D eigenvalue weighted by atomic mass is 10.1. The summed E-state index contributed by atoms with van der Waals surface area (Å²) in [5, 5.41) is 9.45. The molecule has 0 aliphatic heterocycles. The van der Waals surface area contributed by atoms with Crippen molar-refractivity contribution in [3.8, 4) is 0 Å². The van der Waals surface area contributed by atoms with Crippen molar-refractivity contribution >= 4 is 11.6 Å². The number of aromatic amines is 1. The molecular formula is C16H14N4O. The van der Waals surface area contributed by atoms with Gasteiger partial charge < -0.3 is 5.32 Å². The van der Waals surface area contributed by atoms with Crippen molar-refractivity contribution in [1.29, 1.82) is 0 Å². The molecule has 1 aromatic carbocycles. The lowest BCUT2D eigenvalue weighted by molar-refractivity contribution is 0.989. The number of hydrogen-bond donors (Lipinski definition) is 2. The van der Waals surface area contributed by atoms with E-state index in [4.69, 9.17) is 0 Å². The number of anilines is 2. The Kier molecular flexibility index (Phi) is 3.73. The van der Waals surface area contributed by atoms with Gasteiger partial charge in [-0.15, -0.1) is 0 Å². The van der Waals surface area contributed by atoms with Crippen LogP contribution in [0.5, 0.6) is 0 Å². The Morgan fingerprint density at radius 3 is 2.62 bits per heavy atom. The first-order valence-electron chi connectivity index (χ1n) is 6.62. The number of H-pyrrole nitrogens is 1. The normalized spacial score (nSPS) is 10.3. The second-order valence-electron chi connectivity index (χ2n) is 4.60. The first-order chi connectivity index (χ1) is 10.3. The SMILES string of the molecule is O=c1ccc(Nc2ncccc2Cc2ccccc2)n[nH]1. The van der Waals surface area contributed by atoms with Crippen molar-refractivity contribution in [3.05, 3.63) is 82.3 Å². The molecule has 5 heteroatoms. The van der Waals surface area contributed by atoms with E-state index >= 15 is 0 Å². The Balaban J connectivity index is 1.85. The van der Waals surface area contributed by atoms with Gasteiger partial charge in [-0.3, -0.25) is 4.79 Å². The molecule has 0 fully saturated rings. The molecule has 0 bridgehead atoms. The molecule has 0 saturated carbocycles. The molecule has 0 radical (unpaired) electrons. The number of hydrogen-bond acceptors (Lipinski definition) is 4. The average Bonchev–Trinajstić information content (AvgIpc) is 2.52. The van der Waals surface area contributed by atoms with E-state index < -0.39 is 0 Å². The molecule has 3 rings (SSSR count). The molecule has 0 aliphatic rings. The van der Waals surface area contributed by atoms with Gasteiger partial charge in [0.15, 0.2) is 5.82 Å². The number of nitrogens with one attached hydrogen (secondary N) is 2. The zero-order chi connectivity index (χ0) is 14.5. The fourth-order valence-corrected chi connectivity index (χ4v) is 2.04. The van der Waals surface area contributed by atoms with Crippen molar-refractivity contribution < 1.29 is 0 Å². The molecule has 104 valence electrons. The molecule has 0 unspecified atom stereocenters. The topological polar surface area (TPSA) is 70.7 Å². The van der Waals surface area contributed by atoms with Gasteiger partial charge in [-0.1, -0.05) is 36.4 Å². The largest absolute Gasteiger partial charge is 0.323 e. The third kappa shape index (κ3) is 3.33. The minimum absolute atomic E-state index is 0.230. The van der Waals surface area contributed by atoms with E-state index in [2.05, 4.69) is 32.6 Å². The summed E-state index contributed by atoms with van der Waals surface area (Å²) in [4.78, 5) is 15.4. The van der Waals surface area contributed by atoms with E-state index in [-0.39, 0.29) is 5.56 Å². The monoisotopic (exact) mass is 278 g/mol. The van der Waals surface area contributed by atoms with Gasteiger partial charge in [-0.25, -0.2) is 10.1 Å². The molecule has 0 atom stereocenters. The fraction of sp³-hybridized carbons (Fsp3) is 0.0625. The van der Waals surface area contributed by atoms with E-state index in [0.29, 0.717) is 5.82 Å². The molecule has 0 saturated heterocycles. The smallest absolute Gasteiger partial charge is 0.264 e. The van der Waals surface area contributed by atoms with E-state index in [0.717, 1.165) is 17.8 Å². The maximum atomic E-state index is 11.0. The van der Waals surface area contributed by atoms with E-state index in [1.807, 2.05) is 30.3 Å². The molecule has 2 N–H and O–H groups in total. The number of aromatic nitrogens is 3. The molecule has 5 nitrogen and oxygen atoms in total. The number of benzene rings is 1. The summed E-state index contributed by atoms with van der Waals surface area (Å²) in [5.74, 6) is 1.29. The van der Waals surface area contributed by atoms with Gasteiger partial charge in [0.05, 0.1) is 0 Å². The standard InChI is InChI=1S/C16H14N4O/c21-15-9-8-14(19-20-15)18-16-13(7-4-10-17-16)11-12-5-2-1-3-6-12/h1-10H,11H2,(H,20,21)(H,17,18,19). The second-order valence-corrected chi connectivity index (χ2v) is 4.60. The number of pyridine rings is 1. The van der Waals surface area contributed by atoms with Crippen LogP contribution in [0.15, 0.2) is 65.6 Å². The first kappa shape index (κ1) is 13.1. The van der Waals surface area contributed by atoms with Gasteiger partial charge >= 0.3 is 0 Å². The third-order valence-electron chi connectivity index (χ3n) is 3.05. The summed E-state index contributed by atoms with van der Waals surface area (Å²) >= 11 is 0. The highest BCUT2D eigenvalue weighted by Crippen LogP contribution is 2.19. The molecule has 3 aromatic rings. The quantitative estimate of drug-likeness (QED) is 0.769. The van der Waals surface area contributed by atoms with Gasteiger partial charge in [0.1, 0.15) is 5.82 Å². The van der Waals surface area contributed by atoms with Gasteiger partial charge in [-0.05, 0) is 23.3 Å². The molecule has 0 aliphatic carbocycles. The first-order valence-corrected chi connectivity index (χ1v) is 6.62. The van der Waals surface area contributed by atoms with Crippen LogP contribution in [0.25, 0.3) is 0 Å². The van der Waals surface area contributed by atoms with Crippen molar-refractivity contribution in [2.24, 2.45) is 0 Å². The summed E-state index contributed by atoms with van der Waals surface area (Å²) in [5.41, 5.74) is 2.05. The van der Waals surface area contributed by atoms with Crippen molar-refractivity contribution in [1.82, 2.24) is 15.2 Å². The van der Waals surface area contributed by atoms with Crippen molar-refractivity contribution in [3.63, 3.8) is 0 Å². The van der Waals surface area contributed by atoms with Crippen LogP contribution in [0.4, 0.5) is 11.6 Å². The highest BCUT2D eigenvalue weighted by molar-refractivity contribution is 5.56. The molecule has 0 amide bonds. The zero-order valence-electron chi connectivity index (χ0n) is 11.3. The van der Waals surface area contributed by atoms with Crippen molar-refractivity contribution in [2.75, 3.05) is 5.32 Å². The van der Waals surface area contributed by atoms with Crippen LogP contribution in [0, 0.1) is 0 Å². The molecular weight excluding hydrogens is 264 g/mol. The van der Waals surface area contributed by atoms with Crippen LogP contribution >= 0.6 is 0 Å². The van der Waals surface area contributed by atoms with Gasteiger partial charge in [0, 0.05) is 18.7 Å². The summed E-state index contributed by atoms with van der Waals surface area (Å²) < 4.78 is 0. The maximum Gasteiger partial charge on any atom is 0.264 e. The van der Waals surface area contributed by atoms with E-state index in [1.54, 1.807) is 12.3 Å². The van der Waals surface area contributed by atoms with Crippen LogP contribution < -0.4 is 10.9 Å². The molecule has 2 aromatic heterocycles. The van der Waals surface area contributed by atoms with Crippen LogP contribution in [-0.2, 0) is 6.42 Å². The Morgan fingerprint density at radius 1 is 1.00 bits per heavy atom. The second kappa shape index (κ2) is 6.00. The van der Waals surface area contributed by atoms with E-state index in [9.17, 15) is 4.79 Å². The predicted octanol–water partition coefficient (Wildman–Crippen LogP) is 2.50. The molecule has 21 heavy (non-hydrogen) atoms. The number of rotatable bonds is 4. The van der Waals surface area contributed by atoms with Crippen LogP contribution in [0.2, 0.25) is 0 Å². The minimum atomic E-state index is -0.230.